The first kappa shape index (κ1) is 21.6. The monoisotopic (exact) mass is 496 g/mol. The molecule has 0 fully saturated rings. The number of imidazole rings is 1. The molecule has 2 aliphatic heterocycles. The van der Waals surface area contributed by atoms with Gasteiger partial charge >= 0.3 is 0 Å². The van der Waals surface area contributed by atoms with E-state index in [1.165, 1.54) is 0 Å². The number of benzene rings is 2. The smallest absolute Gasteiger partial charge is 0.255 e. The van der Waals surface area contributed by atoms with Gasteiger partial charge in [-0.25, -0.2) is 9.99 Å². The first-order valence-corrected chi connectivity index (χ1v) is 11.7. The zero-order valence-electron chi connectivity index (χ0n) is 17.2. The molecule has 3 aromatic rings. The number of hydrogen-bond acceptors (Lipinski definition) is 6. The van der Waals surface area contributed by atoms with E-state index in [9.17, 15) is 4.79 Å². The summed E-state index contributed by atoms with van der Waals surface area (Å²) in [5.41, 5.74) is 2.69. The molecule has 0 saturated heterocycles. The van der Waals surface area contributed by atoms with E-state index in [-0.39, 0.29) is 12.6 Å². The topological polar surface area (TPSA) is 85.4 Å². The molecule has 7 nitrogen and oxygen atoms in total. The molecule has 1 aromatic heterocycles. The molecule has 0 radical (unpaired) electrons. The number of anilines is 1. The van der Waals surface area contributed by atoms with Crippen molar-refractivity contribution in [3.05, 3.63) is 93.9 Å². The van der Waals surface area contributed by atoms with E-state index in [2.05, 4.69) is 32.7 Å². The predicted molar refractivity (Wildman–Crippen MR) is 133 cm³/mol. The molecule has 0 saturated carbocycles. The third-order valence-corrected chi connectivity index (χ3v) is 6.77. The van der Waals surface area contributed by atoms with Crippen molar-refractivity contribution < 1.29 is 4.79 Å². The van der Waals surface area contributed by atoms with Gasteiger partial charge in [0, 0.05) is 29.4 Å². The molecule has 5 rings (SSSR count). The summed E-state index contributed by atoms with van der Waals surface area (Å²) in [4.78, 5) is 21.0. The van der Waals surface area contributed by atoms with E-state index < -0.39 is 0 Å². The summed E-state index contributed by atoms with van der Waals surface area (Å²) in [6.07, 6.45) is 7.26. The van der Waals surface area contributed by atoms with Crippen molar-refractivity contribution in [3.63, 3.8) is 0 Å². The van der Waals surface area contributed by atoms with Gasteiger partial charge in [-0.3, -0.25) is 4.79 Å². The van der Waals surface area contributed by atoms with Crippen molar-refractivity contribution in [3.8, 4) is 0 Å². The Hall–Kier alpha value is -3.20. The third-order valence-electron chi connectivity index (χ3n) is 5.10. The molecule has 166 valence electrons. The number of aromatic nitrogens is 2. The van der Waals surface area contributed by atoms with Gasteiger partial charge in [0.05, 0.1) is 21.3 Å². The van der Waals surface area contributed by atoms with Crippen LogP contribution < -0.4 is 10.6 Å². The lowest BCUT2D eigenvalue weighted by molar-refractivity contribution is -0.116. The van der Waals surface area contributed by atoms with Gasteiger partial charge in [-0.15, -0.1) is 0 Å². The van der Waals surface area contributed by atoms with Crippen molar-refractivity contribution in [2.24, 2.45) is 5.10 Å². The Morgan fingerprint density at radius 3 is 2.70 bits per heavy atom. The Kier molecular flexibility index (Phi) is 6.13. The zero-order valence-corrected chi connectivity index (χ0v) is 19.5. The van der Waals surface area contributed by atoms with Crippen LogP contribution in [0.5, 0.6) is 0 Å². The maximum atomic E-state index is 12.7. The first-order valence-electron chi connectivity index (χ1n) is 10.1. The predicted octanol–water partition coefficient (Wildman–Crippen LogP) is 5.10. The molecule has 10 heteroatoms. The van der Waals surface area contributed by atoms with Gasteiger partial charge in [0.25, 0.3) is 5.91 Å². The van der Waals surface area contributed by atoms with Gasteiger partial charge in [-0.1, -0.05) is 59.2 Å². The maximum Gasteiger partial charge on any atom is 0.255 e. The second-order valence-corrected chi connectivity index (χ2v) is 9.07. The summed E-state index contributed by atoms with van der Waals surface area (Å²) < 4.78 is 0. The van der Waals surface area contributed by atoms with E-state index >= 15 is 0 Å². The lowest BCUT2D eigenvalue weighted by Gasteiger charge is -2.31. The van der Waals surface area contributed by atoms with Crippen LogP contribution in [-0.4, -0.2) is 32.6 Å². The number of rotatable bonds is 5. The minimum Gasteiger partial charge on any atom is -0.352 e. The summed E-state index contributed by atoms with van der Waals surface area (Å²) >= 11 is 14.3. The van der Waals surface area contributed by atoms with Crippen LogP contribution in [0.3, 0.4) is 0 Å². The summed E-state index contributed by atoms with van der Waals surface area (Å²) in [7, 11) is 0. The number of halogens is 2. The molecule has 3 heterocycles. The fourth-order valence-electron chi connectivity index (χ4n) is 3.56. The largest absolute Gasteiger partial charge is 0.352 e. The molecule has 2 aromatic carbocycles. The molecule has 0 bridgehead atoms. The standard InChI is InChI=1S/C23H18Cl2N6OS/c24-15-5-3-6-16(25)20(15)21-17-8-9-19(30-31(17)13-29-22(21)32)33-18-7-2-1-4-14(18)12-28-23-26-10-11-27-23/h1-11H,12-13H2,(H,29,32)(H2,26,27,28). The number of allylic oxidation sites excluding steroid dienone is 1. The second kappa shape index (κ2) is 9.35. The van der Waals surface area contributed by atoms with Gasteiger partial charge < -0.3 is 15.6 Å². The highest BCUT2D eigenvalue weighted by atomic mass is 35.5. The first-order chi connectivity index (χ1) is 16.1. The van der Waals surface area contributed by atoms with Gasteiger partial charge in [0.1, 0.15) is 11.7 Å². The number of carbonyl (C=O) groups is 1. The maximum absolute atomic E-state index is 12.7. The number of amides is 1. The van der Waals surface area contributed by atoms with Crippen molar-refractivity contribution in [2.45, 2.75) is 11.4 Å². The number of carbonyl (C=O) groups excluding carboxylic acids is 1. The van der Waals surface area contributed by atoms with Crippen LogP contribution in [0.15, 0.2) is 82.7 Å². The van der Waals surface area contributed by atoms with E-state index in [4.69, 9.17) is 28.3 Å². The fourth-order valence-corrected chi connectivity index (χ4v) is 5.07. The average molecular weight is 497 g/mol. The number of aromatic amines is 1. The van der Waals surface area contributed by atoms with Crippen molar-refractivity contribution >= 4 is 57.4 Å². The van der Waals surface area contributed by atoms with E-state index in [1.54, 1.807) is 47.4 Å². The molecule has 33 heavy (non-hydrogen) atoms. The minimum atomic E-state index is -0.235. The molecule has 0 aliphatic carbocycles. The quantitative estimate of drug-likeness (QED) is 0.457. The van der Waals surface area contributed by atoms with Crippen LogP contribution in [0.1, 0.15) is 11.1 Å². The molecular formula is C23H18Cl2N6OS. The highest BCUT2D eigenvalue weighted by molar-refractivity contribution is 8.14. The van der Waals surface area contributed by atoms with Crippen molar-refractivity contribution in [2.75, 3.05) is 12.0 Å². The average Bonchev–Trinajstić information content (AvgIpc) is 3.33. The molecule has 0 unspecified atom stereocenters. The molecule has 3 N–H and O–H groups in total. The van der Waals surface area contributed by atoms with Gasteiger partial charge in [0.15, 0.2) is 5.95 Å². The molecule has 0 atom stereocenters. The highest BCUT2D eigenvalue weighted by Crippen LogP contribution is 2.37. The van der Waals surface area contributed by atoms with Gasteiger partial charge in [-0.05, 0) is 35.9 Å². The summed E-state index contributed by atoms with van der Waals surface area (Å²) in [5.74, 6) is 0.482. The number of thioether (sulfide) groups is 1. The number of hydrogen-bond donors (Lipinski definition) is 3. The molecule has 0 spiro atoms. The van der Waals surface area contributed by atoms with Crippen molar-refractivity contribution in [1.82, 2.24) is 20.3 Å². The lowest BCUT2D eigenvalue weighted by Crippen LogP contribution is -2.42. The Labute approximate surface area is 204 Å². The molecular weight excluding hydrogens is 479 g/mol. The Balaban J connectivity index is 1.41. The number of nitrogens with zero attached hydrogens (tertiary/aromatic N) is 3. The lowest BCUT2D eigenvalue weighted by atomic mass is 10.0. The third kappa shape index (κ3) is 4.50. The summed E-state index contributed by atoms with van der Waals surface area (Å²) in [6.45, 7) is 0.879. The molecule has 2 aliphatic rings. The van der Waals surface area contributed by atoms with Gasteiger partial charge in [-0.2, -0.15) is 5.10 Å². The van der Waals surface area contributed by atoms with Crippen LogP contribution in [0.4, 0.5) is 5.95 Å². The number of hydrazone groups is 1. The number of fused-ring (bicyclic) bond motifs is 1. The fraction of sp³-hybridized carbons (Fsp3) is 0.0870. The van der Waals surface area contributed by atoms with E-state index in [1.807, 2.05) is 24.3 Å². The Morgan fingerprint density at radius 2 is 1.91 bits per heavy atom. The second-order valence-electron chi connectivity index (χ2n) is 7.19. The minimum absolute atomic E-state index is 0.235. The van der Waals surface area contributed by atoms with Crippen molar-refractivity contribution in [1.29, 1.82) is 0 Å². The van der Waals surface area contributed by atoms with Crippen LogP contribution in [0.25, 0.3) is 5.57 Å². The Morgan fingerprint density at radius 1 is 1.09 bits per heavy atom. The van der Waals surface area contributed by atoms with Crippen LogP contribution >= 0.6 is 35.0 Å². The Bertz CT molecular complexity index is 1280. The summed E-state index contributed by atoms with van der Waals surface area (Å²) in [5, 5.41) is 14.3. The van der Waals surface area contributed by atoms with E-state index in [0.717, 1.165) is 15.5 Å². The van der Waals surface area contributed by atoms with Crippen LogP contribution in [0, 0.1) is 0 Å². The zero-order chi connectivity index (χ0) is 22.8. The number of nitrogens with one attached hydrogen (secondary N) is 3. The SMILES string of the molecule is O=C1NCN2N=C(Sc3ccccc3CNc3ncc[nH]3)C=CC2=C1c1c(Cl)cccc1Cl. The van der Waals surface area contributed by atoms with Crippen LogP contribution in [-0.2, 0) is 11.3 Å². The summed E-state index contributed by atoms with van der Waals surface area (Å²) in [6, 6.07) is 13.3. The van der Waals surface area contributed by atoms with Crippen LogP contribution in [0.2, 0.25) is 10.0 Å². The van der Waals surface area contributed by atoms with Gasteiger partial charge in [0.2, 0.25) is 0 Å². The normalized spacial score (nSPS) is 15.3. The molecule has 1 amide bonds. The number of H-pyrrole nitrogens is 1. The van der Waals surface area contributed by atoms with E-state index in [0.29, 0.717) is 39.4 Å². The highest BCUT2D eigenvalue weighted by Gasteiger charge is 2.30.